The van der Waals surface area contributed by atoms with Gasteiger partial charge < -0.3 is 4.90 Å². The van der Waals surface area contributed by atoms with E-state index in [-0.39, 0.29) is 16.5 Å². The second-order valence-electron chi connectivity index (χ2n) is 4.26. The third kappa shape index (κ3) is 2.46. The van der Waals surface area contributed by atoms with Crippen molar-refractivity contribution in [3.8, 4) is 6.07 Å². The first-order valence-corrected chi connectivity index (χ1v) is 6.17. The largest absolute Gasteiger partial charge is 0.323 e. The van der Waals surface area contributed by atoms with Crippen LogP contribution in [0, 0.1) is 17.1 Å². The molecule has 2 rings (SSSR count). The van der Waals surface area contributed by atoms with Crippen molar-refractivity contribution in [2.24, 2.45) is 0 Å². The molecule has 0 aliphatic carbocycles. The molecule has 1 fully saturated rings. The minimum absolute atomic E-state index is 0.0854. The van der Waals surface area contributed by atoms with E-state index in [4.69, 9.17) is 16.9 Å². The van der Waals surface area contributed by atoms with Crippen molar-refractivity contribution >= 4 is 17.5 Å². The molecule has 3 nitrogen and oxygen atoms in total. The van der Waals surface area contributed by atoms with Gasteiger partial charge in [0.2, 0.25) is 0 Å². The van der Waals surface area contributed by atoms with Crippen LogP contribution in [0.5, 0.6) is 0 Å². The molecule has 0 aromatic heterocycles. The molecule has 0 N–H and O–H groups in total. The van der Waals surface area contributed by atoms with E-state index >= 15 is 0 Å². The number of carbonyl (C=O) groups is 1. The Morgan fingerprint density at radius 2 is 2.28 bits per heavy atom. The summed E-state index contributed by atoms with van der Waals surface area (Å²) in [6.07, 6.45) is 2.50. The predicted octanol–water partition coefficient (Wildman–Crippen LogP) is 3.00. The molecule has 1 heterocycles. The number of halogens is 2. The molecule has 1 aliphatic rings. The first kappa shape index (κ1) is 12.8. The molecule has 0 bridgehead atoms. The van der Waals surface area contributed by atoms with Crippen LogP contribution in [0.4, 0.5) is 4.39 Å². The van der Waals surface area contributed by atoms with E-state index in [1.807, 2.05) is 0 Å². The van der Waals surface area contributed by atoms with E-state index in [1.54, 1.807) is 0 Å². The zero-order valence-electron chi connectivity index (χ0n) is 9.70. The van der Waals surface area contributed by atoms with Gasteiger partial charge in [0, 0.05) is 6.54 Å². The molecule has 1 aromatic rings. The molecule has 1 unspecified atom stereocenters. The fourth-order valence-electron chi connectivity index (χ4n) is 2.13. The highest BCUT2D eigenvalue weighted by Gasteiger charge is 2.28. The molecule has 1 amide bonds. The van der Waals surface area contributed by atoms with Gasteiger partial charge in [0.25, 0.3) is 5.91 Å². The molecule has 1 aromatic carbocycles. The van der Waals surface area contributed by atoms with Crippen molar-refractivity contribution in [3.05, 3.63) is 34.6 Å². The van der Waals surface area contributed by atoms with Gasteiger partial charge in [-0.1, -0.05) is 11.6 Å². The van der Waals surface area contributed by atoms with Crippen LogP contribution < -0.4 is 0 Å². The average molecular weight is 267 g/mol. The molecular formula is C13H12ClFN2O. The molecule has 1 aliphatic heterocycles. The van der Waals surface area contributed by atoms with E-state index in [0.717, 1.165) is 18.9 Å². The Morgan fingerprint density at radius 3 is 2.94 bits per heavy atom. The van der Waals surface area contributed by atoms with Crippen molar-refractivity contribution in [1.82, 2.24) is 4.90 Å². The summed E-state index contributed by atoms with van der Waals surface area (Å²) in [6, 6.07) is 5.39. The summed E-state index contributed by atoms with van der Waals surface area (Å²) >= 11 is 5.86. The maximum absolute atomic E-state index is 12.9. The van der Waals surface area contributed by atoms with Gasteiger partial charge in [0.1, 0.15) is 11.9 Å². The van der Waals surface area contributed by atoms with Crippen molar-refractivity contribution in [3.63, 3.8) is 0 Å². The van der Waals surface area contributed by atoms with E-state index in [2.05, 4.69) is 6.07 Å². The highest BCUT2D eigenvalue weighted by molar-refractivity contribution is 6.33. The Balaban J connectivity index is 2.27. The highest BCUT2D eigenvalue weighted by atomic mass is 35.5. The van der Waals surface area contributed by atoms with Gasteiger partial charge in [0.05, 0.1) is 16.7 Å². The summed E-state index contributed by atoms with van der Waals surface area (Å²) in [5.41, 5.74) is 0.250. The Bertz CT molecular complexity index is 512. The van der Waals surface area contributed by atoms with Gasteiger partial charge in [-0.15, -0.1) is 0 Å². The lowest BCUT2D eigenvalue weighted by Gasteiger charge is -2.31. The zero-order chi connectivity index (χ0) is 13.1. The Labute approximate surface area is 110 Å². The van der Waals surface area contributed by atoms with E-state index in [0.29, 0.717) is 13.0 Å². The van der Waals surface area contributed by atoms with E-state index in [1.165, 1.54) is 17.0 Å². The minimum Gasteiger partial charge on any atom is -0.323 e. The fraction of sp³-hybridized carbons (Fsp3) is 0.385. The van der Waals surface area contributed by atoms with Gasteiger partial charge in [-0.2, -0.15) is 5.26 Å². The van der Waals surface area contributed by atoms with Crippen LogP contribution in [0.2, 0.25) is 5.02 Å². The number of benzene rings is 1. The first-order chi connectivity index (χ1) is 8.63. The lowest BCUT2D eigenvalue weighted by Crippen LogP contribution is -2.43. The Morgan fingerprint density at radius 1 is 1.50 bits per heavy atom. The molecule has 94 valence electrons. The van der Waals surface area contributed by atoms with Crippen molar-refractivity contribution in [2.45, 2.75) is 25.3 Å². The smallest absolute Gasteiger partial charge is 0.256 e. The monoisotopic (exact) mass is 266 g/mol. The summed E-state index contributed by atoms with van der Waals surface area (Å²) < 4.78 is 12.9. The second-order valence-corrected chi connectivity index (χ2v) is 4.67. The number of piperidine rings is 1. The first-order valence-electron chi connectivity index (χ1n) is 5.79. The fourth-order valence-corrected chi connectivity index (χ4v) is 2.37. The molecule has 5 heteroatoms. The normalized spacial score (nSPS) is 19.4. The number of carbonyl (C=O) groups excluding carboxylic acids is 1. The third-order valence-corrected chi connectivity index (χ3v) is 3.39. The number of rotatable bonds is 1. The van der Waals surface area contributed by atoms with Gasteiger partial charge in [-0.25, -0.2) is 4.39 Å². The van der Waals surface area contributed by atoms with Gasteiger partial charge in [-0.3, -0.25) is 4.79 Å². The maximum atomic E-state index is 12.9. The Hall–Kier alpha value is -1.60. The standard InChI is InChI=1S/C13H12ClFN2O/c14-12-7-9(15)4-5-11(12)13(18)17-6-2-1-3-10(17)8-16/h4-5,7,10H,1-3,6H2. The van der Waals surface area contributed by atoms with Gasteiger partial charge in [-0.05, 0) is 37.5 Å². The van der Waals surface area contributed by atoms with Crippen LogP contribution in [0.15, 0.2) is 18.2 Å². The highest BCUT2D eigenvalue weighted by Crippen LogP contribution is 2.23. The number of hydrogen-bond donors (Lipinski definition) is 0. The summed E-state index contributed by atoms with van der Waals surface area (Å²) in [4.78, 5) is 13.8. The summed E-state index contributed by atoms with van der Waals surface area (Å²) in [5.74, 6) is -0.779. The van der Waals surface area contributed by atoms with Gasteiger partial charge >= 0.3 is 0 Å². The van der Waals surface area contributed by atoms with Crippen LogP contribution in [-0.2, 0) is 0 Å². The quantitative estimate of drug-likeness (QED) is 0.784. The summed E-state index contributed by atoms with van der Waals surface area (Å²) in [5, 5.41) is 9.12. The lowest BCUT2D eigenvalue weighted by molar-refractivity contribution is 0.0670. The molecule has 1 atom stereocenters. The summed E-state index contributed by atoms with van der Waals surface area (Å²) in [7, 11) is 0. The number of nitriles is 1. The minimum atomic E-state index is -0.480. The number of likely N-dealkylation sites (tertiary alicyclic amines) is 1. The number of amides is 1. The SMILES string of the molecule is N#CC1CCCCN1C(=O)c1ccc(F)cc1Cl. The van der Waals surface area contributed by atoms with Crippen LogP contribution in [0.25, 0.3) is 0 Å². The predicted molar refractivity (Wildman–Crippen MR) is 65.7 cm³/mol. The molecular weight excluding hydrogens is 255 g/mol. The molecule has 18 heavy (non-hydrogen) atoms. The van der Waals surface area contributed by atoms with E-state index in [9.17, 15) is 9.18 Å². The maximum Gasteiger partial charge on any atom is 0.256 e. The topological polar surface area (TPSA) is 44.1 Å². The molecule has 0 spiro atoms. The number of hydrogen-bond acceptors (Lipinski definition) is 2. The lowest BCUT2D eigenvalue weighted by atomic mass is 10.0. The second kappa shape index (κ2) is 5.36. The molecule has 0 radical (unpaired) electrons. The Kier molecular flexibility index (Phi) is 3.83. The van der Waals surface area contributed by atoms with E-state index < -0.39 is 11.9 Å². The molecule has 0 saturated carbocycles. The van der Waals surface area contributed by atoms with Crippen LogP contribution in [0.1, 0.15) is 29.6 Å². The van der Waals surface area contributed by atoms with Crippen LogP contribution in [-0.4, -0.2) is 23.4 Å². The summed E-state index contributed by atoms with van der Waals surface area (Å²) in [6.45, 7) is 0.546. The zero-order valence-corrected chi connectivity index (χ0v) is 10.5. The van der Waals surface area contributed by atoms with Crippen molar-refractivity contribution < 1.29 is 9.18 Å². The van der Waals surface area contributed by atoms with Crippen molar-refractivity contribution in [2.75, 3.05) is 6.54 Å². The average Bonchev–Trinajstić information content (AvgIpc) is 2.38. The van der Waals surface area contributed by atoms with Crippen LogP contribution >= 0.6 is 11.6 Å². The van der Waals surface area contributed by atoms with Crippen LogP contribution in [0.3, 0.4) is 0 Å². The third-order valence-electron chi connectivity index (χ3n) is 3.07. The van der Waals surface area contributed by atoms with Crippen molar-refractivity contribution in [1.29, 1.82) is 5.26 Å². The number of nitrogens with zero attached hydrogens (tertiary/aromatic N) is 2. The molecule has 1 saturated heterocycles. The van der Waals surface area contributed by atoms with Gasteiger partial charge in [0.15, 0.2) is 0 Å².